The lowest BCUT2D eigenvalue weighted by atomic mass is 10.1. The smallest absolute Gasteiger partial charge is 0.250 e. The van der Waals surface area contributed by atoms with Gasteiger partial charge in [0.25, 0.3) is 5.56 Å². The third kappa shape index (κ3) is 8.21. The normalized spacial score (nSPS) is 15.5. The Kier molecular flexibility index (Phi) is 9.64. The molecule has 0 atom stereocenters. The second-order valence-corrected chi connectivity index (χ2v) is 8.09. The first-order valence-electron chi connectivity index (χ1n) is 11.6. The third-order valence-electron chi connectivity index (χ3n) is 5.59. The molecule has 0 unspecified atom stereocenters. The van der Waals surface area contributed by atoms with Gasteiger partial charge in [0.05, 0.1) is 25.8 Å². The Morgan fingerprint density at radius 1 is 1.03 bits per heavy atom. The number of aromatic nitrogens is 1. The Labute approximate surface area is 185 Å². The summed E-state index contributed by atoms with van der Waals surface area (Å²) in [7, 11) is 0. The van der Waals surface area contributed by atoms with Crippen molar-refractivity contribution in [2.24, 2.45) is 4.99 Å². The highest BCUT2D eigenvalue weighted by Crippen LogP contribution is 2.19. The Bertz CT molecular complexity index is 852. The molecule has 2 N–H and O–H groups in total. The number of hydrogen-bond donors (Lipinski definition) is 2. The maximum Gasteiger partial charge on any atom is 0.250 e. The Hall–Kier alpha value is -2.60. The lowest BCUT2D eigenvalue weighted by molar-refractivity contribution is 0.0468. The van der Waals surface area contributed by atoms with Crippen LogP contribution in [0.2, 0.25) is 0 Å². The van der Waals surface area contributed by atoms with Crippen LogP contribution in [-0.2, 0) is 17.8 Å². The minimum absolute atomic E-state index is 0.0144. The highest BCUT2D eigenvalue weighted by Gasteiger charge is 2.12. The van der Waals surface area contributed by atoms with Crippen LogP contribution < -0.4 is 16.2 Å². The van der Waals surface area contributed by atoms with Gasteiger partial charge in [0, 0.05) is 25.4 Å². The van der Waals surface area contributed by atoms with Gasteiger partial charge in [-0.15, -0.1) is 0 Å². The van der Waals surface area contributed by atoms with E-state index in [0.29, 0.717) is 25.8 Å². The number of nitrogens with zero attached hydrogens (tertiary/aromatic N) is 2. The minimum atomic E-state index is 0.0144. The van der Waals surface area contributed by atoms with E-state index in [-0.39, 0.29) is 5.56 Å². The van der Waals surface area contributed by atoms with Crippen LogP contribution in [0.5, 0.6) is 0 Å². The van der Waals surface area contributed by atoms with E-state index >= 15 is 0 Å². The molecule has 3 rings (SSSR count). The monoisotopic (exact) mass is 424 g/mol. The van der Waals surface area contributed by atoms with Crippen LogP contribution in [0.15, 0.2) is 58.4 Å². The summed E-state index contributed by atoms with van der Waals surface area (Å²) in [6.45, 7) is 5.54. The van der Waals surface area contributed by atoms with Crippen LogP contribution in [0, 0.1) is 0 Å². The van der Waals surface area contributed by atoms with Gasteiger partial charge in [-0.2, -0.15) is 0 Å². The molecule has 1 aliphatic rings. The fraction of sp³-hybridized carbons (Fsp3) is 0.520. The SMILES string of the molecule is CCNC(=NCc1ccc(Cn2ccccc2=O)cc1)NCCOC1CCCCCC1. The molecule has 1 aromatic carbocycles. The fourth-order valence-electron chi connectivity index (χ4n) is 3.85. The van der Waals surface area contributed by atoms with E-state index in [1.165, 1.54) is 38.5 Å². The molecule has 1 saturated carbocycles. The first kappa shape index (κ1) is 23.1. The average Bonchev–Trinajstić information content (AvgIpc) is 3.06. The molecule has 168 valence electrons. The molecule has 6 heteroatoms. The molecular formula is C25H36N4O2. The number of benzene rings is 1. The van der Waals surface area contributed by atoms with E-state index in [2.05, 4.69) is 41.8 Å². The summed E-state index contributed by atoms with van der Waals surface area (Å²) in [6.07, 6.45) is 9.92. The lowest BCUT2D eigenvalue weighted by Gasteiger charge is -2.16. The van der Waals surface area contributed by atoms with Crippen molar-refractivity contribution >= 4 is 5.96 Å². The van der Waals surface area contributed by atoms with Crippen LogP contribution in [0.3, 0.4) is 0 Å². The minimum Gasteiger partial charge on any atom is -0.376 e. The first-order valence-corrected chi connectivity index (χ1v) is 11.6. The van der Waals surface area contributed by atoms with E-state index in [1.54, 1.807) is 16.7 Å². The first-order chi connectivity index (χ1) is 15.2. The van der Waals surface area contributed by atoms with Crippen LogP contribution in [0.4, 0.5) is 0 Å². The molecular weight excluding hydrogens is 388 g/mol. The highest BCUT2D eigenvalue weighted by atomic mass is 16.5. The van der Waals surface area contributed by atoms with Gasteiger partial charge in [0.1, 0.15) is 0 Å². The van der Waals surface area contributed by atoms with E-state index in [0.717, 1.165) is 30.2 Å². The van der Waals surface area contributed by atoms with E-state index in [4.69, 9.17) is 9.73 Å². The van der Waals surface area contributed by atoms with Crippen LogP contribution in [-0.4, -0.2) is 36.3 Å². The molecule has 1 aliphatic carbocycles. The number of guanidine groups is 1. The van der Waals surface area contributed by atoms with Crippen LogP contribution >= 0.6 is 0 Å². The Morgan fingerprint density at radius 2 is 1.77 bits per heavy atom. The summed E-state index contributed by atoms with van der Waals surface area (Å²) in [5, 5.41) is 6.67. The third-order valence-corrected chi connectivity index (χ3v) is 5.59. The molecule has 1 heterocycles. The molecule has 0 amide bonds. The predicted molar refractivity (Wildman–Crippen MR) is 127 cm³/mol. The van der Waals surface area contributed by atoms with Gasteiger partial charge in [-0.3, -0.25) is 4.79 Å². The maximum atomic E-state index is 11.9. The number of nitrogens with one attached hydrogen (secondary N) is 2. The van der Waals surface area contributed by atoms with Gasteiger partial charge in [0.15, 0.2) is 5.96 Å². The summed E-state index contributed by atoms with van der Waals surface area (Å²) in [5.74, 6) is 0.812. The van der Waals surface area contributed by atoms with Gasteiger partial charge in [0.2, 0.25) is 0 Å². The molecule has 6 nitrogen and oxygen atoms in total. The Balaban J connectivity index is 1.45. The number of pyridine rings is 1. The molecule has 31 heavy (non-hydrogen) atoms. The predicted octanol–water partition coefficient (Wildman–Crippen LogP) is 3.69. The van der Waals surface area contributed by atoms with E-state index in [1.807, 2.05) is 12.3 Å². The standard InChI is InChI=1S/C25H36N4O2/c1-2-26-25(27-16-18-31-23-9-5-3-4-6-10-23)28-19-21-12-14-22(15-13-21)20-29-17-8-7-11-24(29)30/h7-8,11-15,17,23H,2-6,9-10,16,18-20H2,1H3,(H2,26,27,28). The summed E-state index contributed by atoms with van der Waals surface area (Å²) < 4.78 is 7.76. The van der Waals surface area contributed by atoms with Crippen molar-refractivity contribution in [1.29, 1.82) is 0 Å². The molecule has 0 bridgehead atoms. The van der Waals surface area contributed by atoms with Crippen molar-refractivity contribution in [3.8, 4) is 0 Å². The fourth-order valence-corrected chi connectivity index (χ4v) is 3.85. The summed E-state index contributed by atoms with van der Waals surface area (Å²) in [5.41, 5.74) is 2.25. The molecule has 0 saturated heterocycles. The van der Waals surface area contributed by atoms with Crippen molar-refractivity contribution in [3.05, 3.63) is 70.1 Å². The van der Waals surface area contributed by atoms with Crippen molar-refractivity contribution in [2.45, 2.75) is 64.6 Å². The van der Waals surface area contributed by atoms with Crippen molar-refractivity contribution in [3.63, 3.8) is 0 Å². The molecule has 1 aromatic heterocycles. The average molecular weight is 425 g/mol. The molecule has 2 aromatic rings. The number of rotatable bonds is 9. The highest BCUT2D eigenvalue weighted by molar-refractivity contribution is 5.79. The number of aliphatic imine (C=N–C) groups is 1. The summed E-state index contributed by atoms with van der Waals surface area (Å²) in [4.78, 5) is 16.6. The zero-order valence-electron chi connectivity index (χ0n) is 18.7. The van der Waals surface area contributed by atoms with Gasteiger partial charge < -0.3 is 19.9 Å². The van der Waals surface area contributed by atoms with E-state index < -0.39 is 0 Å². The van der Waals surface area contributed by atoms with Crippen LogP contribution in [0.1, 0.15) is 56.6 Å². The zero-order valence-corrected chi connectivity index (χ0v) is 18.7. The quantitative estimate of drug-likeness (QED) is 0.279. The van der Waals surface area contributed by atoms with Crippen molar-refractivity contribution in [1.82, 2.24) is 15.2 Å². The van der Waals surface area contributed by atoms with E-state index in [9.17, 15) is 4.79 Å². The maximum absolute atomic E-state index is 11.9. The number of hydrogen-bond acceptors (Lipinski definition) is 3. The van der Waals surface area contributed by atoms with Crippen molar-refractivity contribution in [2.75, 3.05) is 19.7 Å². The van der Waals surface area contributed by atoms with Crippen molar-refractivity contribution < 1.29 is 4.74 Å². The van der Waals surface area contributed by atoms with Crippen LogP contribution in [0.25, 0.3) is 0 Å². The van der Waals surface area contributed by atoms with Gasteiger partial charge in [-0.1, -0.05) is 56.0 Å². The molecule has 0 radical (unpaired) electrons. The molecule has 0 spiro atoms. The largest absolute Gasteiger partial charge is 0.376 e. The molecule has 0 aliphatic heterocycles. The van der Waals surface area contributed by atoms with Gasteiger partial charge >= 0.3 is 0 Å². The summed E-state index contributed by atoms with van der Waals surface area (Å²) in [6, 6.07) is 13.5. The second-order valence-electron chi connectivity index (χ2n) is 8.09. The number of ether oxygens (including phenoxy) is 1. The summed E-state index contributed by atoms with van der Waals surface area (Å²) >= 11 is 0. The lowest BCUT2D eigenvalue weighted by Crippen LogP contribution is -2.39. The molecule has 1 fully saturated rings. The van der Waals surface area contributed by atoms with Gasteiger partial charge in [-0.25, -0.2) is 4.99 Å². The van der Waals surface area contributed by atoms with Gasteiger partial charge in [-0.05, 0) is 37.0 Å². The Morgan fingerprint density at radius 3 is 2.48 bits per heavy atom. The topological polar surface area (TPSA) is 67.7 Å². The second kappa shape index (κ2) is 13.0. The zero-order chi connectivity index (χ0) is 21.7.